The average molecular weight is 399 g/mol. The number of benzene rings is 2. The van der Waals surface area contributed by atoms with Crippen LogP contribution < -0.4 is 4.74 Å². The highest BCUT2D eigenvalue weighted by molar-refractivity contribution is 9.10. The van der Waals surface area contributed by atoms with Crippen LogP contribution in [0.3, 0.4) is 0 Å². The predicted octanol–water partition coefficient (Wildman–Crippen LogP) is 5.49. The Morgan fingerprint density at radius 2 is 1.76 bits per heavy atom. The van der Waals surface area contributed by atoms with Gasteiger partial charge in [-0.05, 0) is 49.7 Å². The van der Waals surface area contributed by atoms with Crippen LogP contribution in [-0.4, -0.2) is 12.9 Å². The van der Waals surface area contributed by atoms with Crippen molar-refractivity contribution >= 4 is 21.7 Å². The molecule has 0 bridgehead atoms. The van der Waals surface area contributed by atoms with Crippen LogP contribution in [0.1, 0.15) is 38.6 Å². The zero-order valence-corrected chi connectivity index (χ0v) is 16.0. The number of aryl methyl sites for hydroxylation is 1. The summed E-state index contributed by atoms with van der Waals surface area (Å²) in [6.07, 6.45) is 0.563. The van der Waals surface area contributed by atoms with Gasteiger partial charge in [-0.3, -0.25) is 4.79 Å². The van der Waals surface area contributed by atoms with Gasteiger partial charge in [-0.2, -0.15) is 0 Å². The molecule has 0 radical (unpaired) electrons. The molecule has 3 nitrogen and oxygen atoms in total. The third-order valence-electron chi connectivity index (χ3n) is 4.35. The van der Waals surface area contributed by atoms with Gasteiger partial charge in [0.2, 0.25) is 0 Å². The van der Waals surface area contributed by atoms with Crippen molar-refractivity contribution in [3.05, 3.63) is 86.8 Å². The lowest BCUT2D eigenvalue weighted by molar-refractivity contribution is 0.103. The first kappa shape index (κ1) is 17.5. The van der Waals surface area contributed by atoms with Crippen molar-refractivity contribution in [1.82, 2.24) is 0 Å². The molecule has 0 aliphatic rings. The Labute approximate surface area is 155 Å². The quantitative estimate of drug-likeness (QED) is 0.533. The maximum atomic E-state index is 13.1. The van der Waals surface area contributed by atoms with E-state index in [0.717, 1.165) is 27.1 Å². The van der Waals surface area contributed by atoms with E-state index in [0.29, 0.717) is 23.3 Å². The molecule has 0 fully saturated rings. The Morgan fingerprint density at radius 1 is 1.08 bits per heavy atom. The number of halogens is 1. The SMILES string of the molecule is COc1ccc(C(=O)c2c(Cc3ccccc3Br)oc(C)c2C)cc1. The van der Waals surface area contributed by atoms with Crippen LogP contribution in [0.25, 0.3) is 0 Å². The van der Waals surface area contributed by atoms with Crippen LogP contribution in [0.5, 0.6) is 5.75 Å². The van der Waals surface area contributed by atoms with Crippen molar-refractivity contribution in [2.24, 2.45) is 0 Å². The zero-order valence-electron chi connectivity index (χ0n) is 14.4. The number of ether oxygens (including phenoxy) is 1. The van der Waals surface area contributed by atoms with Crippen LogP contribution in [0, 0.1) is 13.8 Å². The lowest BCUT2D eigenvalue weighted by atomic mass is 9.97. The Morgan fingerprint density at radius 3 is 2.40 bits per heavy atom. The van der Waals surface area contributed by atoms with Crippen molar-refractivity contribution in [1.29, 1.82) is 0 Å². The summed E-state index contributed by atoms with van der Waals surface area (Å²) in [6, 6.07) is 15.1. The first-order valence-corrected chi connectivity index (χ1v) is 8.81. The van der Waals surface area contributed by atoms with Crippen LogP contribution in [-0.2, 0) is 6.42 Å². The summed E-state index contributed by atoms with van der Waals surface area (Å²) in [4.78, 5) is 13.1. The normalized spacial score (nSPS) is 10.7. The van der Waals surface area contributed by atoms with E-state index in [4.69, 9.17) is 9.15 Å². The molecular formula is C21H19BrO3. The van der Waals surface area contributed by atoms with E-state index in [1.165, 1.54) is 0 Å². The first-order valence-electron chi connectivity index (χ1n) is 8.02. The third kappa shape index (κ3) is 3.54. The lowest BCUT2D eigenvalue weighted by Crippen LogP contribution is -2.06. The molecule has 25 heavy (non-hydrogen) atoms. The van der Waals surface area contributed by atoms with Gasteiger partial charge in [0.1, 0.15) is 17.3 Å². The smallest absolute Gasteiger partial charge is 0.196 e. The van der Waals surface area contributed by atoms with Crippen molar-refractivity contribution < 1.29 is 13.9 Å². The molecule has 1 aromatic heterocycles. The highest BCUT2D eigenvalue weighted by Crippen LogP contribution is 2.29. The standard InChI is InChI=1S/C21H19BrO3/c1-13-14(2)25-19(12-16-6-4-5-7-18(16)22)20(13)21(23)15-8-10-17(24-3)11-9-15/h4-11H,12H2,1-3H3. The van der Waals surface area contributed by atoms with E-state index < -0.39 is 0 Å². The number of ketones is 1. The molecule has 0 spiro atoms. The topological polar surface area (TPSA) is 39.4 Å². The minimum atomic E-state index is -0.0287. The number of rotatable bonds is 5. The summed E-state index contributed by atoms with van der Waals surface area (Å²) in [5.74, 6) is 2.17. The summed E-state index contributed by atoms with van der Waals surface area (Å²) in [5, 5.41) is 0. The lowest BCUT2D eigenvalue weighted by Gasteiger charge is -2.06. The van der Waals surface area contributed by atoms with Crippen LogP contribution in [0.15, 0.2) is 57.4 Å². The van der Waals surface area contributed by atoms with E-state index in [9.17, 15) is 4.79 Å². The molecule has 128 valence electrons. The molecule has 0 aliphatic carbocycles. The Balaban J connectivity index is 2.00. The van der Waals surface area contributed by atoms with Gasteiger partial charge in [-0.25, -0.2) is 0 Å². The Bertz CT molecular complexity index is 907. The van der Waals surface area contributed by atoms with E-state index in [1.807, 2.05) is 38.1 Å². The maximum absolute atomic E-state index is 13.1. The van der Waals surface area contributed by atoms with E-state index in [-0.39, 0.29) is 5.78 Å². The summed E-state index contributed by atoms with van der Waals surface area (Å²) in [7, 11) is 1.61. The van der Waals surface area contributed by atoms with Crippen molar-refractivity contribution in [2.75, 3.05) is 7.11 Å². The van der Waals surface area contributed by atoms with Gasteiger partial charge < -0.3 is 9.15 Å². The molecule has 0 aliphatic heterocycles. The highest BCUT2D eigenvalue weighted by atomic mass is 79.9. The molecule has 0 N–H and O–H groups in total. The van der Waals surface area contributed by atoms with Crippen LogP contribution in [0.4, 0.5) is 0 Å². The van der Waals surface area contributed by atoms with Gasteiger partial charge in [0.25, 0.3) is 0 Å². The van der Waals surface area contributed by atoms with E-state index >= 15 is 0 Å². The average Bonchev–Trinajstić information content (AvgIpc) is 2.90. The second-order valence-corrected chi connectivity index (χ2v) is 6.76. The second kappa shape index (κ2) is 7.28. The number of methoxy groups -OCH3 is 1. The van der Waals surface area contributed by atoms with Crippen molar-refractivity contribution in [3.63, 3.8) is 0 Å². The molecular weight excluding hydrogens is 380 g/mol. The summed E-state index contributed by atoms with van der Waals surface area (Å²) in [6.45, 7) is 3.82. The number of carbonyl (C=O) groups excluding carboxylic acids is 1. The van der Waals surface area contributed by atoms with Crippen molar-refractivity contribution in [2.45, 2.75) is 20.3 Å². The Hall–Kier alpha value is -2.33. The molecule has 0 saturated heterocycles. The van der Waals surface area contributed by atoms with Crippen molar-refractivity contribution in [3.8, 4) is 5.75 Å². The largest absolute Gasteiger partial charge is 0.497 e. The number of furan rings is 1. The fourth-order valence-corrected chi connectivity index (χ4v) is 3.25. The second-order valence-electron chi connectivity index (χ2n) is 5.91. The van der Waals surface area contributed by atoms with E-state index in [1.54, 1.807) is 31.4 Å². The monoisotopic (exact) mass is 398 g/mol. The van der Waals surface area contributed by atoms with Gasteiger partial charge in [0.05, 0.1) is 12.7 Å². The minimum Gasteiger partial charge on any atom is -0.497 e. The molecule has 0 unspecified atom stereocenters. The third-order valence-corrected chi connectivity index (χ3v) is 5.12. The van der Waals surface area contributed by atoms with Gasteiger partial charge in [-0.1, -0.05) is 34.1 Å². The molecule has 0 saturated carbocycles. The van der Waals surface area contributed by atoms with Crippen LogP contribution >= 0.6 is 15.9 Å². The maximum Gasteiger partial charge on any atom is 0.196 e. The minimum absolute atomic E-state index is 0.0287. The van der Waals surface area contributed by atoms with Crippen LogP contribution in [0.2, 0.25) is 0 Å². The summed E-state index contributed by atoms with van der Waals surface area (Å²) >= 11 is 3.56. The molecule has 3 aromatic rings. The molecule has 1 heterocycles. The Kier molecular flexibility index (Phi) is 5.09. The summed E-state index contributed by atoms with van der Waals surface area (Å²) < 4.78 is 12.1. The first-order chi connectivity index (χ1) is 12.0. The number of carbonyl (C=O) groups is 1. The van der Waals surface area contributed by atoms with Gasteiger partial charge in [0, 0.05) is 22.0 Å². The summed E-state index contributed by atoms with van der Waals surface area (Å²) in [5.41, 5.74) is 3.25. The number of hydrogen-bond acceptors (Lipinski definition) is 3. The number of hydrogen-bond donors (Lipinski definition) is 0. The molecule has 2 aromatic carbocycles. The fraction of sp³-hybridized carbons (Fsp3) is 0.190. The zero-order chi connectivity index (χ0) is 18.0. The van der Waals surface area contributed by atoms with Gasteiger partial charge >= 0.3 is 0 Å². The molecule has 0 amide bonds. The molecule has 3 rings (SSSR count). The van der Waals surface area contributed by atoms with E-state index in [2.05, 4.69) is 15.9 Å². The van der Waals surface area contributed by atoms with Gasteiger partial charge in [0.15, 0.2) is 5.78 Å². The highest BCUT2D eigenvalue weighted by Gasteiger charge is 2.23. The fourth-order valence-electron chi connectivity index (χ4n) is 2.82. The molecule has 4 heteroatoms. The van der Waals surface area contributed by atoms with Gasteiger partial charge in [-0.15, -0.1) is 0 Å². The molecule has 0 atom stereocenters. The predicted molar refractivity (Wildman–Crippen MR) is 102 cm³/mol.